The number of carbonyl (C=O) groups is 1. The minimum absolute atomic E-state index is 0.208. The number of hydrogen-bond acceptors (Lipinski definition) is 2. The lowest BCUT2D eigenvalue weighted by Crippen LogP contribution is -2.25. The van der Waals surface area contributed by atoms with E-state index >= 15 is 0 Å². The van der Waals surface area contributed by atoms with Crippen molar-refractivity contribution in [2.75, 3.05) is 13.1 Å². The zero-order valence-corrected chi connectivity index (χ0v) is 10.7. The summed E-state index contributed by atoms with van der Waals surface area (Å²) < 4.78 is 13.2. The summed E-state index contributed by atoms with van der Waals surface area (Å²) in [6.45, 7) is 0.837. The van der Waals surface area contributed by atoms with Gasteiger partial charge < -0.3 is 11.1 Å². The predicted molar refractivity (Wildman–Crippen MR) is 72.0 cm³/mol. The number of benzene rings is 1. The average Bonchev–Trinajstić information content (AvgIpc) is 3.21. The summed E-state index contributed by atoms with van der Waals surface area (Å²) in [6, 6.07) is 4.02. The summed E-state index contributed by atoms with van der Waals surface area (Å²) in [7, 11) is 0. The lowest BCUT2D eigenvalue weighted by atomic mass is 10.1. The van der Waals surface area contributed by atoms with E-state index in [1.807, 2.05) is 0 Å². The molecule has 3 nitrogen and oxygen atoms in total. The standard InChI is InChI=1S/C15H17FN2O/c16-13-6-5-12(2-1-8-17)14(10-13)15(19)18-9-7-11-3-4-11/h5-6,10-11H,3-4,7-9,17H2,(H,18,19). The van der Waals surface area contributed by atoms with E-state index in [1.165, 1.54) is 31.0 Å². The summed E-state index contributed by atoms with van der Waals surface area (Å²) in [6.07, 6.45) is 3.50. The molecule has 1 aromatic carbocycles. The fourth-order valence-corrected chi connectivity index (χ4v) is 1.85. The third-order valence-electron chi connectivity index (χ3n) is 3.09. The van der Waals surface area contributed by atoms with Crippen LogP contribution in [0.3, 0.4) is 0 Å². The summed E-state index contributed by atoms with van der Waals surface area (Å²) in [5.74, 6) is 5.51. The van der Waals surface area contributed by atoms with Gasteiger partial charge in [0.15, 0.2) is 0 Å². The molecule has 1 aliphatic carbocycles. The Morgan fingerprint density at radius 1 is 1.47 bits per heavy atom. The van der Waals surface area contributed by atoms with E-state index in [4.69, 9.17) is 5.73 Å². The maximum atomic E-state index is 13.2. The number of carbonyl (C=O) groups excluding carboxylic acids is 1. The van der Waals surface area contributed by atoms with Gasteiger partial charge in [-0.05, 0) is 30.5 Å². The Morgan fingerprint density at radius 3 is 2.95 bits per heavy atom. The Bertz CT molecular complexity index is 527. The third kappa shape index (κ3) is 4.08. The van der Waals surface area contributed by atoms with Crippen molar-refractivity contribution in [3.05, 3.63) is 35.1 Å². The second-order valence-electron chi connectivity index (χ2n) is 4.68. The van der Waals surface area contributed by atoms with Gasteiger partial charge in [-0.3, -0.25) is 4.79 Å². The molecule has 0 heterocycles. The van der Waals surface area contributed by atoms with Gasteiger partial charge in [0.05, 0.1) is 12.1 Å². The minimum atomic E-state index is -0.439. The fraction of sp³-hybridized carbons (Fsp3) is 0.400. The highest BCUT2D eigenvalue weighted by molar-refractivity contribution is 5.96. The molecule has 0 bridgehead atoms. The first kappa shape index (κ1) is 13.6. The van der Waals surface area contributed by atoms with Crippen molar-refractivity contribution in [1.82, 2.24) is 5.32 Å². The molecule has 0 aromatic heterocycles. The van der Waals surface area contributed by atoms with Gasteiger partial charge in [-0.25, -0.2) is 4.39 Å². The van der Waals surface area contributed by atoms with Gasteiger partial charge in [0, 0.05) is 12.1 Å². The molecule has 0 radical (unpaired) electrons. The van der Waals surface area contributed by atoms with Gasteiger partial charge in [-0.1, -0.05) is 24.7 Å². The average molecular weight is 260 g/mol. The summed E-state index contributed by atoms with van der Waals surface area (Å²) in [5.41, 5.74) is 6.09. The Morgan fingerprint density at radius 2 is 2.26 bits per heavy atom. The van der Waals surface area contributed by atoms with E-state index in [1.54, 1.807) is 0 Å². The molecule has 1 saturated carbocycles. The van der Waals surface area contributed by atoms with Crippen LogP contribution in [-0.4, -0.2) is 19.0 Å². The smallest absolute Gasteiger partial charge is 0.252 e. The van der Waals surface area contributed by atoms with Gasteiger partial charge in [-0.2, -0.15) is 0 Å². The second kappa shape index (κ2) is 6.35. The minimum Gasteiger partial charge on any atom is -0.352 e. The molecule has 0 atom stereocenters. The van der Waals surface area contributed by atoms with E-state index in [-0.39, 0.29) is 18.0 Å². The Labute approximate surface area is 112 Å². The monoisotopic (exact) mass is 260 g/mol. The Hall–Kier alpha value is -1.86. The lowest BCUT2D eigenvalue weighted by molar-refractivity contribution is 0.0952. The van der Waals surface area contributed by atoms with Crippen molar-refractivity contribution in [2.45, 2.75) is 19.3 Å². The Kier molecular flexibility index (Phi) is 4.53. The van der Waals surface area contributed by atoms with Crippen LogP contribution in [0.5, 0.6) is 0 Å². The molecule has 0 spiro atoms. The molecule has 1 aromatic rings. The van der Waals surface area contributed by atoms with Crippen LogP contribution in [0.25, 0.3) is 0 Å². The molecule has 1 fully saturated rings. The lowest BCUT2D eigenvalue weighted by Gasteiger charge is -2.07. The van der Waals surface area contributed by atoms with Crippen LogP contribution in [0.4, 0.5) is 4.39 Å². The summed E-state index contributed by atoms with van der Waals surface area (Å²) in [4.78, 5) is 12.0. The molecule has 100 valence electrons. The number of hydrogen-bond donors (Lipinski definition) is 2. The third-order valence-corrected chi connectivity index (χ3v) is 3.09. The molecule has 0 aliphatic heterocycles. The maximum absolute atomic E-state index is 13.2. The van der Waals surface area contributed by atoms with Crippen LogP contribution >= 0.6 is 0 Å². The van der Waals surface area contributed by atoms with Crippen molar-refractivity contribution in [3.8, 4) is 11.8 Å². The topological polar surface area (TPSA) is 55.1 Å². The van der Waals surface area contributed by atoms with Crippen LogP contribution in [0.2, 0.25) is 0 Å². The van der Waals surface area contributed by atoms with E-state index in [0.29, 0.717) is 12.1 Å². The second-order valence-corrected chi connectivity index (χ2v) is 4.68. The van der Waals surface area contributed by atoms with E-state index in [0.717, 1.165) is 12.3 Å². The number of nitrogens with one attached hydrogen (secondary N) is 1. The summed E-state index contributed by atoms with van der Waals surface area (Å²) >= 11 is 0. The number of rotatable bonds is 4. The predicted octanol–water partition coefficient (Wildman–Crippen LogP) is 1.67. The van der Waals surface area contributed by atoms with E-state index in [2.05, 4.69) is 17.2 Å². The first-order chi connectivity index (χ1) is 9.20. The van der Waals surface area contributed by atoms with Crippen LogP contribution in [0.1, 0.15) is 35.2 Å². The van der Waals surface area contributed by atoms with Crippen molar-refractivity contribution in [2.24, 2.45) is 11.7 Å². The van der Waals surface area contributed by atoms with Gasteiger partial charge in [0.25, 0.3) is 5.91 Å². The summed E-state index contributed by atoms with van der Waals surface area (Å²) in [5, 5.41) is 2.81. The zero-order valence-electron chi connectivity index (χ0n) is 10.7. The molecule has 4 heteroatoms. The highest BCUT2D eigenvalue weighted by Gasteiger charge is 2.21. The van der Waals surface area contributed by atoms with Crippen molar-refractivity contribution in [1.29, 1.82) is 0 Å². The first-order valence-electron chi connectivity index (χ1n) is 6.47. The molecule has 3 N–H and O–H groups in total. The molecule has 0 saturated heterocycles. The molecule has 1 aliphatic rings. The van der Waals surface area contributed by atoms with Crippen LogP contribution in [0, 0.1) is 23.6 Å². The first-order valence-corrected chi connectivity index (χ1v) is 6.47. The van der Waals surface area contributed by atoms with Crippen molar-refractivity contribution in [3.63, 3.8) is 0 Å². The fourth-order valence-electron chi connectivity index (χ4n) is 1.85. The maximum Gasteiger partial charge on any atom is 0.252 e. The van der Waals surface area contributed by atoms with Crippen LogP contribution in [0.15, 0.2) is 18.2 Å². The van der Waals surface area contributed by atoms with E-state index in [9.17, 15) is 9.18 Å². The highest BCUT2D eigenvalue weighted by Crippen LogP contribution is 2.31. The largest absolute Gasteiger partial charge is 0.352 e. The van der Waals surface area contributed by atoms with E-state index < -0.39 is 5.82 Å². The van der Waals surface area contributed by atoms with Crippen LogP contribution < -0.4 is 11.1 Å². The van der Waals surface area contributed by atoms with Gasteiger partial charge in [-0.15, -0.1) is 0 Å². The van der Waals surface area contributed by atoms with Crippen LogP contribution in [-0.2, 0) is 0 Å². The molecule has 2 rings (SSSR count). The molecule has 1 amide bonds. The quantitative estimate of drug-likeness (QED) is 0.809. The van der Waals surface area contributed by atoms with Crippen molar-refractivity contribution >= 4 is 5.91 Å². The SMILES string of the molecule is NCC#Cc1ccc(F)cc1C(=O)NCCC1CC1. The molecule has 19 heavy (non-hydrogen) atoms. The van der Waals surface area contributed by atoms with Gasteiger partial charge >= 0.3 is 0 Å². The van der Waals surface area contributed by atoms with Gasteiger partial charge in [0.1, 0.15) is 5.82 Å². The molecular formula is C15H17FN2O. The highest BCUT2D eigenvalue weighted by atomic mass is 19.1. The van der Waals surface area contributed by atoms with Gasteiger partial charge in [0.2, 0.25) is 0 Å². The van der Waals surface area contributed by atoms with Crippen molar-refractivity contribution < 1.29 is 9.18 Å². The zero-order chi connectivity index (χ0) is 13.7. The number of halogens is 1. The number of amides is 1. The molecule has 0 unspecified atom stereocenters. The normalized spacial score (nSPS) is 13.6. The molecular weight excluding hydrogens is 243 g/mol. The number of nitrogens with two attached hydrogens (primary N) is 1. The Balaban J connectivity index is 2.06.